The van der Waals surface area contributed by atoms with Gasteiger partial charge in [0.25, 0.3) is 0 Å². The molecule has 1 aromatic carbocycles. The molecule has 0 saturated carbocycles. The van der Waals surface area contributed by atoms with Gasteiger partial charge < -0.3 is 0 Å². The first-order valence-corrected chi connectivity index (χ1v) is 6.17. The summed E-state index contributed by atoms with van der Waals surface area (Å²) in [4.78, 5) is 1.39. The van der Waals surface area contributed by atoms with E-state index in [-0.39, 0.29) is 0 Å². The molecule has 0 bridgehead atoms. The molecular formula is C13H20S. The standard InChI is InChI=1S/C13H20S/c1-5-13(4,6-2)14-12-9-7-11(3)8-10-12/h7-10H,5-6H2,1-4H3. The lowest BCUT2D eigenvalue weighted by atomic mass is 10.1. The highest BCUT2D eigenvalue weighted by molar-refractivity contribution is 8.00. The highest BCUT2D eigenvalue weighted by Crippen LogP contribution is 2.37. The Morgan fingerprint density at radius 1 is 1.07 bits per heavy atom. The summed E-state index contributed by atoms with van der Waals surface area (Å²) in [7, 11) is 0. The summed E-state index contributed by atoms with van der Waals surface area (Å²) in [6, 6.07) is 8.83. The predicted molar refractivity (Wildman–Crippen MR) is 66.0 cm³/mol. The van der Waals surface area contributed by atoms with E-state index < -0.39 is 0 Å². The largest absolute Gasteiger partial charge is 0.120 e. The van der Waals surface area contributed by atoms with Crippen LogP contribution in [-0.2, 0) is 0 Å². The third-order valence-corrected chi connectivity index (χ3v) is 4.46. The van der Waals surface area contributed by atoms with Crippen LogP contribution in [-0.4, -0.2) is 4.75 Å². The smallest absolute Gasteiger partial charge is 0.0173 e. The quantitative estimate of drug-likeness (QED) is 0.648. The zero-order valence-corrected chi connectivity index (χ0v) is 10.4. The van der Waals surface area contributed by atoms with Crippen LogP contribution < -0.4 is 0 Å². The summed E-state index contributed by atoms with van der Waals surface area (Å²) < 4.78 is 0.398. The van der Waals surface area contributed by atoms with Crippen LogP contribution in [0, 0.1) is 6.92 Å². The van der Waals surface area contributed by atoms with Crippen molar-refractivity contribution in [1.29, 1.82) is 0 Å². The normalized spacial score (nSPS) is 11.7. The van der Waals surface area contributed by atoms with Crippen LogP contribution in [0.2, 0.25) is 0 Å². The molecule has 0 spiro atoms. The molecule has 1 heteroatoms. The third kappa shape index (κ3) is 3.06. The van der Waals surface area contributed by atoms with Gasteiger partial charge >= 0.3 is 0 Å². The average Bonchev–Trinajstić information content (AvgIpc) is 2.21. The second-order valence-electron chi connectivity index (χ2n) is 4.07. The monoisotopic (exact) mass is 208 g/mol. The lowest BCUT2D eigenvalue weighted by Crippen LogP contribution is -2.16. The van der Waals surface area contributed by atoms with Crippen LogP contribution in [0.15, 0.2) is 29.2 Å². The molecular weight excluding hydrogens is 188 g/mol. The molecule has 0 aliphatic heterocycles. The van der Waals surface area contributed by atoms with Crippen LogP contribution in [0.5, 0.6) is 0 Å². The lowest BCUT2D eigenvalue weighted by Gasteiger charge is -2.25. The van der Waals surface area contributed by atoms with Gasteiger partial charge in [0.1, 0.15) is 0 Å². The summed E-state index contributed by atoms with van der Waals surface area (Å²) in [5, 5.41) is 0. The van der Waals surface area contributed by atoms with E-state index in [1.165, 1.54) is 23.3 Å². The van der Waals surface area contributed by atoms with Gasteiger partial charge in [-0.05, 0) is 31.9 Å². The Bertz CT molecular complexity index is 270. The Morgan fingerprint density at radius 2 is 1.57 bits per heavy atom. The van der Waals surface area contributed by atoms with E-state index in [2.05, 4.69) is 52.0 Å². The van der Waals surface area contributed by atoms with Crippen LogP contribution >= 0.6 is 11.8 Å². The van der Waals surface area contributed by atoms with Gasteiger partial charge in [-0.3, -0.25) is 0 Å². The van der Waals surface area contributed by atoms with Gasteiger partial charge in [-0.25, -0.2) is 0 Å². The van der Waals surface area contributed by atoms with Gasteiger partial charge in [0.15, 0.2) is 0 Å². The van der Waals surface area contributed by atoms with Crippen molar-refractivity contribution in [2.75, 3.05) is 0 Å². The van der Waals surface area contributed by atoms with Crippen molar-refractivity contribution >= 4 is 11.8 Å². The fourth-order valence-electron chi connectivity index (χ4n) is 1.29. The molecule has 0 radical (unpaired) electrons. The number of hydrogen-bond donors (Lipinski definition) is 0. The zero-order valence-electron chi connectivity index (χ0n) is 9.63. The van der Waals surface area contributed by atoms with Crippen LogP contribution in [0.3, 0.4) is 0 Å². The first-order valence-electron chi connectivity index (χ1n) is 5.35. The van der Waals surface area contributed by atoms with Crippen molar-refractivity contribution < 1.29 is 0 Å². The van der Waals surface area contributed by atoms with Crippen LogP contribution in [0.4, 0.5) is 0 Å². The van der Waals surface area contributed by atoms with Crippen molar-refractivity contribution in [2.45, 2.75) is 50.2 Å². The van der Waals surface area contributed by atoms with E-state index in [1.54, 1.807) is 0 Å². The minimum Gasteiger partial charge on any atom is -0.120 e. The van der Waals surface area contributed by atoms with Gasteiger partial charge in [0, 0.05) is 9.64 Å². The summed E-state index contributed by atoms with van der Waals surface area (Å²) in [6.07, 6.45) is 2.45. The summed E-state index contributed by atoms with van der Waals surface area (Å²) in [6.45, 7) is 9.01. The highest BCUT2D eigenvalue weighted by Gasteiger charge is 2.20. The number of aryl methyl sites for hydroxylation is 1. The first kappa shape index (κ1) is 11.6. The van der Waals surface area contributed by atoms with Gasteiger partial charge in [-0.2, -0.15) is 0 Å². The lowest BCUT2D eigenvalue weighted by molar-refractivity contribution is 0.599. The van der Waals surface area contributed by atoms with E-state index in [0.29, 0.717) is 4.75 Å². The molecule has 0 nitrogen and oxygen atoms in total. The third-order valence-electron chi connectivity index (χ3n) is 2.88. The Hall–Kier alpha value is -0.430. The number of thioether (sulfide) groups is 1. The second-order valence-corrected chi connectivity index (χ2v) is 5.73. The maximum Gasteiger partial charge on any atom is 0.0173 e. The summed E-state index contributed by atoms with van der Waals surface area (Å²) in [5.41, 5.74) is 1.34. The van der Waals surface area contributed by atoms with Crippen molar-refractivity contribution in [3.63, 3.8) is 0 Å². The molecule has 0 fully saturated rings. The van der Waals surface area contributed by atoms with Crippen LogP contribution in [0.25, 0.3) is 0 Å². The average molecular weight is 208 g/mol. The van der Waals surface area contributed by atoms with Crippen LogP contribution in [0.1, 0.15) is 39.2 Å². The topological polar surface area (TPSA) is 0 Å². The molecule has 0 aliphatic rings. The van der Waals surface area contributed by atoms with Crippen molar-refractivity contribution in [3.8, 4) is 0 Å². The SMILES string of the molecule is CCC(C)(CC)Sc1ccc(C)cc1. The van der Waals surface area contributed by atoms with Crippen molar-refractivity contribution in [2.24, 2.45) is 0 Å². The fourth-order valence-corrected chi connectivity index (χ4v) is 2.42. The Kier molecular flexibility index (Phi) is 4.06. The molecule has 14 heavy (non-hydrogen) atoms. The predicted octanol–water partition coefficient (Wildman–Crippen LogP) is 4.67. The highest BCUT2D eigenvalue weighted by atomic mass is 32.2. The molecule has 1 rings (SSSR count). The van der Waals surface area contributed by atoms with E-state index in [1.807, 2.05) is 11.8 Å². The number of benzene rings is 1. The summed E-state index contributed by atoms with van der Waals surface area (Å²) in [5.74, 6) is 0. The van der Waals surface area contributed by atoms with Crippen molar-refractivity contribution in [3.05, 3.63) is 29.8 Å². The molecule has 78 valence electrons. The molecule has 0 N–H and O–H groups in total. The van der Waals surface area contributed by atoms with Gasteiger partial charge in [-0.1, -0.05) is 38.5 Å². The Balaban J connectivity index is 2.72. The molecule has 0 unspecified atom stereocenters. The molecule has 0 aromatic heterocycles. The minimum atomic E-state index is 0.398. The van der Waals surface area contributed by atoms with E-state index in [4.69, 9.17) is 0 Å². The van der Waals surface area contributed by atoms with Gasteiger partial charge in [0.2, 0.25) is 0 Å². The fraction of sp³-hybridized carbons (Fsp3) is 0.538. The summed E-state index contributed by atoms with van der Waals surface area (Å²) >= 11 is 2.00. The molecule has 1 aromatic rings. The van der Waals surface area contributed by atoms with E-state index in [9.17, 15) is 0 Å². The molecule has 0 saturated heterocycles. The Morgan fingerprint density at radius 3 is 2.00 bits per heavy atom. The second kappa shape index (κ2) is 4.88. The van der Waals surface area contributed by atoms with E-state index in [0.717, 1.165) is 0 Å². The zero-order chi connectivity index (χ0) is 10.6. The maximum absolute atomic E-state index is 2.34. The van der Waals surface area contributed by atoms with Gasteiger partial charge in [0.05, 0.1) is 0 Å². The molecule has 0 heterocycles. The maximum atomic E-state index is 2.34. The van der Waals surface area contributed by atoms with E-state index >= 15 is 0 Å². The molecule has 0 atom stereocenters. The molecule has 0 amide bonds. The number of hydrogen-bond acceptors (Lipinski definition) is 1. The number of rotatable bonds is 4. The van der Waals surface area contributed by atoms with Gasteiger partial charge in [-0.15, -0.1) is 11.8 Å². The van der Waals surface area contributed by atoms with Crippen molar-refractivity contribution in [1.82, 2.24) is 0 Å². The Labute approximate surface area is 92.1 Å². The molecule has 0 aliphatic carbocycles. The minimum absolute atomic E-state index is 0.398. The first-order chi connectivity index (χ1) is 6.59.